The lowest BCUT2D eigenvalue weighted by Gasteiger charge is -2.13. The lowest BCUT2D eigenvalue weighted by molar-refractivity contribution is -0.115. The van der Waals surface area contributed by atoms with Crippen molar-refractivity contribution in [2.75, 3.05) is 12.1 Å². The fourth-order valence-corrected chi connectivity index (χ4v) is 4.26. The summed E-state index contributed by atoms with van der Waals surface area (Å²) in [6.45, 7) is 6.75. The molecule has 1 aliphatic rings. The number of hydrogen-bond donors (Lipinski definition) is 2. The Morgan fingerprint density at radius 2 is 1.97 bits per heavy atom. The Morgan fingerprint density at radius 1 is 1.15 bits per heavy atom. The van der Waals surface area contributed by atoms with Crippen LogP contribution in [0.1, 0.15) is 35.6 Å². The van der Waals surface area contributed by atoms with Crippen LogP contribution in [0.4, 0.5) is 5.69 Å². The molecule has 9 nitrogen and oxygen atoms in total. The standard InChI is InChI=1S/C23H25N5O4S/c1-4-28-20(12-24-22(30)16-7-5-6-14(2)10-16)26-27-23(28)33-15(3)21(29)25-17-8-9-18-19(11-17)32-13-31-18/h5-11,15H,4,12-13H2,1-3H3,(H,24,30)(H,25,29)/t15-/m0/s1. The van der Waals surface area contributed by atoms with E-state index in [1.54, 1.807) is 31.2 Å². The molecule has 2 heterocycles. The number of benzene rings is 2. The first-order chi connectivity index (χ1) is 15.9. The van der Waals surface area contributed by atoms with Gasteiger partial charge in [-0.2, -0.15) is 0 Å². The number of thioether (sulfide) groups is 1. The molecule has 3 aromatic rings. The average molecular weight is 468 g/mol. The molecular formula is C23H25N5O4S. The van der Waals surface area contributed by atoms with Crippen LogP contribution in [0.3, 0.4) is 0 Å². The maximum atomic E-state index is 12.7. The first kappa shape index (κ1) is 22.7. The monoisotopic (exact) mass is 467 g/mol. The fraction of sp³-hybridized carbons (Fsp3) is 0.304. The molecular weight excluding hydrogens is 442 g/mol. The van der Waals surface area contributed by atoms with Gasteiger partial charge in [0.15, 0.2) is 22.5 Å². The predicted octanol–water partition coefficient (Wildman–Crippen LogP) is 3.38. The van der Waals surface area contributed by atoms with Gasteiger partial charge in [0.25, 0.3) is 5.91 Å². The Hall–Kier alpha value is -3.53. The molecule has 2 aromatic carbocycles. The topological polar surface area (TPSA) is 107 Å². The second-order valence-electron chi connectivity index (χ2n) is 7.51. The van der Waals surface area contributed by atoms with E-state index in [1.165, 1.54) is 11.8 Å². The van der Waals surface area contributed by atoms with Crippen molar-refractivity contribution in [1.29, 1.82) is 0 Å². The van der Waals surface area contributed by atoms with E-state index in [1.807, 2.05) is 36.6 Å². The van der Waals surface area contributed by atoms with E-state index in [4.69, 9.17) is 9.47 Å². The van der Waals surface area contributed by atoms with E-state index < -0.39 is 5.25 Å². The number of carbonyl (C=O) groups excluding carboxylic acids is 2. The summed E-state index contributed by atoms with van der Waals surface area (Å²) in [4.78, 5) is 25.1. The van der Waals surface area contributed by atoms with E-state index in [0.717, 1.165) is 5.56 Å². The largest absolute Gasteiger partial charge is 0.454 e. The van der Waals surface area contributed by atoms with Gasteiger partial charge in [-0.25, -0.2) is 0 Å². The molecule has 0 bridgehead atoms. The van der Waals surface area contributed by atoms with E-state index in [-0.39, 0.29) is 25.2 Å². The number of aryl methyl sites for hydroxylation is 1. The van der Waals surface area contributed by atoms with Crippen molar-refractivity contribution in [2.45, 2.75) is 44.3 Å². The van der Waals surface area contributed by atoms with Gasteiger partial charge in [0.2, 0.25) is 12.7 Å². The zero-order valence-electron chi connectivity index (χ0n) is 18.6. The van der Waals surface area contributed by atoms with Crippen molar-refractivity contribution in [1.82, 2.24) is 20.1 Å². The molecule has 0 saturated heterocycles. The summed E-state index contributed by atoms with van der Waals surface area (Å²) in [5.41, 5.74) is 2.25. The third kappa shape index (κ3) is 5.28. The third-order valence-corrected chi connectivity index (χ3v) is 6.17. The van der Waals surface area contributed by atoms with Gasteiger partial charge in [0.05, 0.1) is 11.8 Å². The zero-order valence-corrected chi connectivity index (χ0v) is 19.4. The molecule has 0 aliphatic carbocycles. The molecule has 10 heteroatoms. The van der Waals surface area contributed by atoms with Crippen molar-refractivity contribution in [3.05, 3.63) is 59.4 Å². The van der Waals surface area contributed by atoms with Crippen molar-refractivity contribution in [3.63, 3.8) is 0 Å². The van der Waals surface area contributed by atoms with Crippen molar-refractivity contribution in [3.8, 4) is 11.5 Å². The Balaban J connectivity index is 1.37. The number of rotatable bonds is 8. The maximum Gasteiger partial charge on any atom is 0.251 e. The molecule has 0 fully saturated rings. The van der Waals surface area contributed by atoms with Gasteiger partial charge >= 0.3 is 0 Å². The van der Waals surface area contributed by atoms with Gasteiger partial charge < -0.3 is 24.7 Å². The number of nitrogens with one attached hydrogen (secondary N) is 2. The van der Waals surface area contributed by atoms with Gasteiger partial charge in [0.1, 0.15) is 0 Å². The number of carbonyl (C=O) groups is 2. The molecule has 1 aliphatic heterocycles. The molecule has 172 valence electrons. The number of aromatic nitrogens is 3. The summed E-state index contributed by atoms with van der Waals surface area (Å²) < 4.78 is 12.5. The van der Waals surface area contributed by atoms with Crippen LogP contribution in [0.5, 0.6) is 11.5 Å². The zero-order chi connectivity index (χ0) is 23.4. The summed E-state index contributed by atoms with van der Waals surface area (Å²) in [7, 11) is 0. The molecule has 2 N–H and O–H groups in total. The molecule has 0 spiro atoms. The average Bonchev–Trinajstić information content (AvgIpc) is 3.43. The number of amides is 2. The molecule has 0 saturated carbocycles. The highest BCUT2D eigenvalue weighted by Gasteiger charge is 2.21. The maximum absolute atomic E-state index is 12.7. The quantitative estimate of drug-likeness (QED) is 0.489. The van der Waals surface area contributed by atoms with E-state index in [0.29, 0.717) is 40.3 Å². The van der Waals surface area contributed by atoms with E-state index >= 15 is 0 Å². The minimum atomic E-state index is -0.417. The highest BCUT2D eigenvalue weighted by Crippen LogP contribution is 2.34. The number of fused-ring (bicyclic) bond motifs is 1. The fourth-order valence-electron chi connectivity index (χ4n) is 3.33. The lowest BCUT2D eigenvalue weighted by Crippen LogP contribution is -2.25. The highest BCUT2D eigenvalue weighted by atomic mass is 32.2. The van der Waals surface area contributed by atoms with Crippen molar-refractivity contribution < 1.29 is 19.1 Å². The SMILES string of the molecule is CCn1c(CNC(=O)c2cccc(C)c2)nnc1S[C@@H](C)C(=O)Nc1ccc2c(c1)OCO2. The summed E-state index contributed by atoms with van der Waals surface area (Å²) in [5, 5.41) is 14.4. The van der Waals surface area contributed by atoms with Crippen molar-refractivity contribution in [2.24, 2.45) is 0 Å². The first-order valence-electron chi connectivity index (χ1n) is 10.6. The summed E-state index contributed by atoms with van der Waals surface area (Å²) in [5.74, 6) is 1.56. The van der Waals surface area contributed by atoms with Gasteiger partial charge in [0, 0.05) is 23.9 Å². The Kier molecular flexibility index (Phi) is 6.83. The Morgan fingerprint density at radius 3 is 2.76 bits per heavy atom. The third-order valence-electron chi connectivity index (χ3n) is 5.09. The molecule has 2 amide bonds. The minimum absolute atomic E-state index is 0.168. The van der Waals surface area contributed by atoms with Crippen LogP contribution in [-0.4, -0.2) is 38.6 Å². The smallest absolute Gasteiger partial charge is 0.251 e. The van der Waals surface area contributed by atoms with Crippen LogP contribution in [0.2, 0.25) is 0 Å². The minimum Gasteiger partial charge on any atom is -0.454 e. The Labute approximate surface area is 195 Å². The van der Waals surface area contributed by atoms with Crippen LogP contribution in [-0.2, 0) is 17.9 Å². The van der Waals surface area contributed by atoms with E-state index in [9.17, 15) is 9.59 Å². The van der Waals surface area contributed by atoms with Gasteiger partial charge in [-0.3, -0.25) is 9.59 Å². The van der Waals surface area contributed by atoms with E-state index in [2.05, 4.69) is 20.8 Å². The summed E-state index contributed by atoms with van der Waals surface area (Å²) >= 11 is 1.31. The van der Waals surface area contributed by atoms with Gasteiger partial charge in [-0.1, -0.05) is 29.5 Å². The summed E-state index contributed by atoms with van der Waals surface area (Å²) in [6, 6.07) is 12.7. The number of anilines is 1. The van der Waals surface area contributed by atoms with Gasteiger partial charge in [-0.05, 0) is 45.0 Å². The number of hydrogen-bond acceptors (Lipinski definition) is 7. The predicted molar refractivity (Wildman–Crippen MR) is 125 cm³/mol. The Bertz CT molecular complexity index is 1180. The second-order valence-corrected chi connectivity index (χ2v) is 8.82. The van der Waals surface area contributed by atoms with Crippen LogP contribution < -0.4 is 20.1 Å². The molecule has 4 rings (SSSR count). The van der Waals surface area contributed by atoms with Crippen LogP contribution in [0, 0.1) is 6.92 Å². The molecule has 33 heavy (non-hydrogen) atoms. The number of nitrogens with zero attached hydrogens (tertiary/aromatic N) is 3. The van der Waals surface area contributed by atoms with Gasteiger partial charge in [-0.15, -0.1) is 10.2 Å². The summed E-state index contributed by atoms with van der Waals surface area (Å²) in [6.07, 6.45) is 0. The molecule has 0 unspecified atom stereocenters. The van der Waals surface area contributed by atoms with Crippen LogP contribution in [0.25, 0.3) is 0 Å². The first-order valence-corrected chi connectivity index (χ1v) is 11.5. The molecule has 1 aromatic heterocycles. The van der Waals surface area contributed by atoms with Crippen molar-refractivity contribution >= 4 is 29.3 Å². The number of ether oxygens (including phenoxy) is 2. The second kappa shape index (κ2) is 9.95. The molecule has 0 radical (unpaired) electrons. The normalized spacial score (nSPS) is 12.9. The molecule has 1 atom stereocenters. The lowest BCUT2D eigenvalue weighted by atomic mass is 10.1. The highest BCUT2D eigenvalue weighted by molar-refractivity contribution is 8.00. The van der Waals surface area contributed by atoms with Crippen LogP contribution >= 0.6 is 11.8 Å². The van der Waals surface area contributed by atoms with Crippen LogP contribution in [0.15, 0.2) is 47.6 Å².